The van der Waals surface area contributed by atoms with Crippen LogP contribution >= 0.6 is 0 Å². The highest BCUT2D eigenvalue weighted by atomic mass is 16.6. The van der Waals surface area contributed by atoms with Gasteiger partial charge in [-0.25, -0.2) is 4.63 Å². The van der Waals surface area contributed by atoms with E-state index < -0.39 is 0 Å². The van der Waals surface area contributed by atoms with Crippen LogP contribution in [0, 0.1) is 18.8 Å². The second-order valence-corrected chi connectivity index (χ2v) is 6.99. The Balaban J connectivity index is 1.48. The van der Waals surface area contributed by atoms with Crippen LogP contribution in [0.15, 0.2) is 35.0 Å². The zero-order chi connectivity index (χ0) is 16.7. The molecule has 1 aromatic carbocycles. The second-order valence-electron chi connectivity index (χ2n) is 6.99. The smallest absolute Gasteiger partial charge is 0.228 e. The summed E-state index contributed by atoms with van der Waals surface area (Å²) >= 11 is 0. The van der Waals surface area contributed by atoms with Gasteiger partial charge in [0.25, 0.3) is 0 Å². The number of carbonyl (C=O) groups is 1. The fourth-order valence-corrected chi connectivity index (χ4v) is 4.28. The van der Waals surface area contributed by atoms with E-state index >= 15 is 0 Å². The van der Waals surface area contributed by atoms with Gasteiger partial charge < -0.3 is 4.90 Å². The molecule has 2 aliphatic heterocycles. The first-order chi connectivity index (χ1) is 11.6. The van der Waals surface area contributed by atoms with E-state index in [1.54, 1.807) is 0 Å². The predicted molar refractivity (Wildman–Crippen MR) is 88.1 cm³/mol. The molecule has 24 heavy (non-hydrogen) atoms. The van der Waals surface area contributed by atoms with Crippen LogP contribution in [0.1, 0.15) is 23.0 Å². The summed E-state index contributed by atoms with van der Waals surface area (Å²) in [5.74, 6) is 1.16. The molecule has 0 unspecified atom stereocenters. The van der Waals surface area contributed by atoms with Gasteiger partial charge in [-0.3, -0.25) is 9.69 Å². The average Bonchev–Trinajstić information content (AvgIpc) is 3.23. The van der Waals surface area contributed by atoms with Crippen molar-refractivity contribution in [3.05, 3.63) is 47.3 Å². The number of rotatable bonds is 3. The molecule has 1 amide bonds. The van der Waals surface area contributed by atoms with Crippen molar-refractivity contribution in [1.29, 1.82) is 0 Å². The number of likely N-dealkylation sites (tertiary alicyclic amines) is 2. The van der Waals surface area contributed by atoms with Crippen molar-refractivity contribution in [2.45, 2.75) is 19.4 Å². The minimum atomic E-state index is 0.123. The lowest BCUT2D eigenvalue weighted by atomic mass is 9.90. The highest BCUT2D eigenvalue weighted by molar-refractivity contribution is 5.78. The van der Waals surface area contributed by atoms with E-state index in [4.69, 9.17) is 4.63 Å². The first-order valence-corrected chi connectivity index (χ1v) is 8.44. The number of nitrogens with zero attached hydrogens (tertiary/aromatic N) is 4. The standard InChI is InChI=1S/C18H22N4O2/c1-12-16(20-24-19-12)8-17(23)22-10-14-9-21(2)18(15(14)11-22)13-6-4-3-5-7-13/h3-7,14-15,18H,8-11H2,1-2H3/t14-,15+,18-/m0/s1. The number of aryl methyl sites for hydroxylation is 1. The Hall–Kier alpha value is -2.21. The highest BCUT2D eigenvalue weighted by Crippen LogP contribution is 2.44. The highest BCUT2D eigenvalue weighted by Gasteiger charge is 2.47. The van der Waals surface area contributed by atoms with Gasteiger partial charge >= 0.3 is 0 Å². The Kier molecular flexibility index (Phi) is 3.84. The van der Waals surface area contributed by atoms with E-state index in [0.29, 0.717) is 29.3 Å². The van der Waals surface area contributed by atoms with Gasteiger partial charge in [-0.2, -0.15) is 0 Å². The third-order valence-corrected chi connectivity index (χ3v) is 5.45. The van der Waals surface area contributed by atoms with Crippen LogP contribution in [0.5, 0.6) is 0 Å². The molecule has 2 fully saturated rings. The Morgan fingerprint density at radius 2 is 2.00 bits per heavy atom. The Morgan fingerprint density at radius 3 is 2.71 bits per heavy atom. The largest absolute Gasteiger partial charge is 0.342 e. The molecule has 126 valence electrons. The summed E-state index contributed by atoms with van der Waals surface area (Å²) in [6.07, 6.45) is 0.278. The van der Waals surface area contributed by atoms with E-state index in [9.17, 15) is 4.79 Å². The molecule has 2 aliphatic rings. The van der Waals surface area contributed by atoms with Gasteiger partial charge in [0.05, 0.1) is 6.42 Å². The van der Waals surface area contributed by atoms with E-state index in [2.05, 4.69) is 52.6 Å². The fourth-order valence-electron chi connectivity index (χ4n) is 4.28. The summed E-state index contributed by atoms with van der Waals surface area (Å²) in [5.41, 5.74) is 2.69. The van der Waals surface area contributed by atoms with Gasteiger partial charge in [0.1, 0.15) is 11.4 Å². The van der Waals surface area contributed by atoms with Gasteiger partial charge in [0, 0.05) is 31.6 Å². The molecule has 3 heterocycles. The molecular weight excluding hydrogens is 304 g/mol. The summed E-state index contributed by atoms with van der Waals surface area (Å²) in [6.45, 7) is 4.51. The third-order valence-electron chi connectivity index (χ3n) is 5.45. The molecule has 0 aliphatic carbocycles. The maximum Gasteiger partial charge on any atom is 0.228 e. The molecule has 3 atom stereocenters. The van der Waals surface area contributed by atoms with Crippen molar-refractivity contribution in [3.8, 4) is 0 Å². The minimum Gasteiger partial charge on any atom is -0.342 e. The lowest BCUT2D eigenvalue weighted by Gasteiger charge is -2.26. The predicted octanol–water partition coefficient (Wildman–Crippen LogP) is 1.68. The van der Waals surface area contributed by atoms with Crippen LogP contribution in [0.3, 0.4) is 0 Å². The number of hydrogen-bond donors (Lipinski definition) is 0. The number of benzene rings is 1. The molecule has 0 saturated carbocycles. The van der Waals surface area contributed by atoms with E-state index in [1.807, 2.05) is 11.8 Å². The SMILES string of the molecule is Cc1nonc1CC(=O)N1C[C@@H]2CN(C)[C@@H](c3ccccc3)[C@@H]2C1. The van der Waals surface area contributed by atoms with Gasteiger partial charge in [0.15, 0.2) is 0 Å². The molecule has 4 rings (SSSR count). The molecule has 6 nitrogen and oxygen atoms in total. The number of hydrogen-bond acceptors (Lipinski definition) is 5. The summed E-state index contributed by atoms with van der Waals surface area (Å²) in [7, 11) is 2.19. The number of amides is 1. The Bertz CT molecular complexity index is 730. The van der Waals surface area contributed by atoms with Crippen molar-refractivity contribution < 1.29 is 9.42 Å². The Morgan fingerprint density at radius 1 is 1.21 bits per heavy atom. The molecule has 2 saturated heterocycles. The van der Waals surface area contributed by atoms with Crippen molar-refractivity contribution in [1.82, 2.24) is 20.1 Å². The summed E-state index contributed by atoms with van der Waals surface area (Å²) < 4.78 is 4.69. The third kappa shape index (κ3) is 2.60. The second kappa shape index (κ2) is 6.02. The summed E-state index contributed by atoms with van der Waals surface area (Å²) in [5, 5.41) is 7.58. The molecule has 1 aromatic heterocycles. The first-order valence-electron chi connectivity index (χ1n) is 8.44. The molecular formula is C18H22N4O2. The monoisotopic (exact) mass is 326 g/mol. The molecule has 0 N–H and O–H groups in total. The lowest BCUT2D eigenvalue weighted by Crippen LogP contribution is -2.34. The molecule has 0 radical (unpaired) electrons. The van der Waals surface area contributed by atoms with Crippen LogP contribution in [0.4, 0.5) is 0 Å². The van der Waals surface area contributed by atoms with Gasteiger partial charge in [0.2, 0.25) is 5.91 Å². The zero-order valence-electron chi connectivity index (χ0n) is 14.1. The first kappa shape index (κ1) is 15.3. The van der Waals surface area contributed by atoms with Crippen LogP contribution in [-0.2, 0) is 11.2 Å². The summed E-state index contributed by atoms with van der Waals surface area (Å²) in [4.78, 5) is 17.0. The fraction of sp³-hybridized carbons (Fsp3) is 0.500. The molecule has 6 heteroatoms. The van der Waals surface area contributed by atoms with Crippen LogP contribution < -0.4 is 0 Å². The van der Waals surface area contributed by atoms with Crippen LogP contribution in [0.25, 0.3) is 0 Å². The molecule has 0 bridgehead atoms. The van der Waals surface area contributed by atoms with E-state index in [-0.39, 0.29) is 12.3 Å². The van der Waals surface area contributed by atoms with Crippen molar-refractivity contribution in [3.63, 3.8) is 0 Å². The van der Waals surface area contributed by atoms with Crippen molar-refractivity contribution in [2.75, 3.05) is 26.7 Å². The number of aromatic nitrogens is 2. The molecule has 2 aromatic rings. The Labute approximate surface area is 141 Å². The lowest BCUT2D eigenvalue weighted by molar-refractivity contribution is -0.130. The van der Waals surface area contributed by atoms with Gasteiger partial charge in [-0.15, -0.1) is 0 Å². The number of carbonyl (C=O) groups excluding carboxylic acids is 1. The van der Waals surface area contributed by atoms with E-state index in [0.717, 1.165) is 19.6 Å². The van der Waals surface area contributed by atoms with E-state index in [1.165, 1.54) is 5.56 Å². The topological polar surface area (TPSA) is 62.5 Å². The number of fused-ring (bicyclic) bond motifs is 1. The van der Waals surface area contributed by atoms with Crippen molar-refractivity contribution in [2.24, 2.45) is 11.8 Å². The van der Waals surface area contributed by atoms with Crippen molar-refractivity contribution >= 4 is 5.91 Å². The summed E-state index contributed by atoms with van der Waals surface area (Å²) in [6, 6.07) is 11.0. The maximum atomic E-state index is 12.6. The zero-order valence-corrected chi connectivity index (χ0v) is 14.1. The normalized spacial score (nSPS) is 26.8. The quantitative estimate of drug-likeness (QED) is 0.859. The van der Waals surface area contributed by atoms with Crippen LogP contribution in [-0.4, -0.2) is 52.7 Å². The average molecular weight is 326 g/mol. The molecule has 0 spiro atoms. The maximum absolute atomic E-state index is 12.6. The van der Waals surface area contributed by atoms with Gasteiger partial charge in [-0.05, 0) is 25.5 Å². The van der Waals surface area contributed by atoms with Gasteiger partial charge in [-0.1, -0.05) is 40.6 Å². The minimum absolute atomic E-state index is 0.123. The van der Waals surface area contributed by atoms with Crippen LogP contribution in [0.2, 0.25) is 0 Å².